The molecule has 5 rings (SSSR count). The lowest BCUT2D eigenvalue weighted by atomic mass is 9.95. The second kappa shape index (κ2) is 10.5. The Morgan fingerprint density at radius 2 is 1.81 bits per heavy atom. The molecule has 0 bridgehead atoms. The van der Waals surface area contributed by atoms with Crippen LogP contribution in [0.3, 0.4) is 0 Å². The number of benzene rings is 2. The van der Waals surface area contributed by atoms with Crippen molar-refractivity contribution in [3.05, 3.63) is 83.4 Å². The van der Waals surface area contributed by atoms with Gasteiger partial charge in [0, 0.05) is 19.0 Å². The summed E-state index contributed by atoms with van der Waals surface area (Å²) in [4.78, 5) is 32.3. The zero-order valence-electron chi connectivity index (χ0n) is 20.7. The van der Waals surface area contributed by atoms with Gasteiger partial charge in [-0.25, -0.2) is 4.98 Å². The first-order valence-corrected chi connectivity index (χ1v) is 12.5. The first-order valence-electron chi connectivity index (χ1n) is 12.5. The highest BCUT2D eigenvalue weighted by molar-refractivity contribution is 5.93. The third-order valence-corrected chi connectivity index (χ3v) is 7.23. The Balaban J connectivity index is 1.16. The summed E-state index contributed by atoms with van der Waals surface area (Å²) in [5, 5.41) is 3.12. The molecule has 2 aromatic carbocycles. The molecule has 0 radical (unpaired) electrons. The van der Waals surface area contributed by atoms with Crippen LogP contribution >= 0.6 is 0 Å². The molecule has 1 N–H and O–H groups in total. The fraction of sp³-hybridized carbons (Fsp3) is 0.393. The van der Waals surface area contributed by atoms with Crippen LogP contribution in [0.5, 0.6) is 5.75 Å². The van der Waals surface area contributed by atoms with E-state index in [0.29, 0.717) is 44.8 Å². The SMILES string of the molecule is COc1ccc(C2Cn3cnc(C(=O)N4CCC(C(=O)NC(C)c5ccccc5)CC4)c3CO2)cc1. The van der Waals surface area contributed by atoms with Gasteiger partial charge in [-0.2, -0.15) is 0 Å². The molecule has 2 unspecified atom stereocenters. The molecule has 3 heterocycles. The standard InChI is InChI=1S/C28H32N4O4/c1-19(20-6-4-3-5-7-20)30-27(33)22-12-14-31(15-13-22)28(34)26-24-17-36-25(16-32(24)18-29-26)21-8-10-23(35-2)11-9-21/h3-11,18-19,22,25H,12-17H2,1-2H3,(H,30,33). The van der Waals surface area contributed by atoms with Crippen molar-refractivity contribution < 1.29 is 19.1 Å². The number of nitrogens with zero attached hydrogens (tertiary/aromatic N) is 3. The molecule has 3 aromatic rings. The largest absolute Gasteiger partial charge is 0.497 e. The molecule has 2 atom stereocenters. The molecule has 0 saturated carbocycles. The number of likely N-dealkylation sites (tertiary alicyclic amines) is 1. The summed E-state index contributed by atoms with van der Waals surface area (Å²) < 4.78 is 13.3. The first-order chi connectivity index (χ1) is 17.5. The Labute approximate surface area is 211 Å². The van der Waals surface area contributed by atoms with E-state index < -0.39 is 0 Å². The van der Waals surface area contributed by atoms with Gasteiger partial charge >= 0.3 is 0 Å². The number of aromatic nitrogens is 2. The maximum atomic E-state index is 13.3. The Kier molecular flexibility index (Phi) is 7.04. The number of hydrogen-bond acceptors (Lipinski definition) is 5. The fourth-order valence-electron chi connectivity index (χ4n) is 4.98. The topological polar surface area (TPSA) is 85.7 Å². The highest BCUT2D eigenvalue weighted by Crippen LogP contribution is 2.30. The van der Waals surface area contributed by atoms with Crippen LogP contribution in [0.4, 0.5) is 0 Å². The van der Waals surface area contributed by atoms with Crippen LogP contribution in [-0.2, 0) is 22.7 Å². The third kappa shape index (κ3) is 4.99. The maximum Gasteiger partial charge on any atom is 0.274 e. The Hall–Kier alpha value is -3.65. The van der Waals surface area contributed by atoms with Crippen molar-refractivity contribution >= 4 is 11.8 Å². The number of methoxy groups -OCH3 is 1. The van der Waals surface area contributed by atoms with Crippen molar-refractivity contribution in [1.29, 1.82) is 0 Å². The van der Waals surface area contributed by atoms with Crippen molar-refractivity contribution in [3.8, 4) is 5.75 Å². The zero-order valence-corrected chi connectivity index (χ0v) is 20.7. The molecule has 188 valence electrons. The molecular formula is C28H32N4O4. The van der Waals surface area contributed by atoms with Crippen LogP contribution < -0.4 is 10.1 Å². The first kappa shape index (κ1) is 24.1. The quantitative estimate of drug-likeness (QED) is 0.569. The van der Waals surface area contributed by atoms with E-state index in [2.05, 4.69) is 10.3 Å². The number of amides is 2. The van der Waals surface area contributed by atoms with Crippen molar-refractivity contribution in [3.63, 3.8) is 0 Å². The summed E-state index contributed by atoms with van der Waals surface area (Å²) in [6.45, 7) is 4.00. The second-order valence-electron chi connectivity index (χ2n) is 9.47. The average molecular weight is 489 g/mol. The molecule has 2 amide bonds. The van der Waals surface area contributed by atoms with Gasteiger partial charge in [0.1, 0.15) is 11.9 Å². The molecule has 8 heteroatoms. The minimum Gasteiger partial charge on any atom is -0.497 e. The van der Waals surface area contributed by atoms with E-state index in [1.165, 1.54) is 0 Å². The van der Waals surface area contributed by atoms with Crippen LogP contribution in [0, 0.1) is 5.92 Å². The molecule has 0 aliphatic carbocycles. The zero-order chi connectivity index (χ0) is 25.1. The smallest absolute Gasteiger partial charge is 0.274 e. The molecule has 1 aromatic heterocycles. The predicted molar refractivity (Wildman–Crippen MR) is 134 cm³/mol. The van der Waals surface area contributed by atoms with Gasteiger partial charge < -0.3 is 24.3 Å². The highest BCUT2D eigenvalue weighted by Gasteiger charge is 2.32. The lowest BCUT2D eigenvalue weighted by Crippen LogP contribution is -2.43. The summed E-state index contributed by atoms with van der Waals surface area (Å²) >= 11 is 0. The van der Waals surface area contributed by atoms with E-state index in [-0.39, 0.29) is 29.9 Å². The van der Waals surface area contributed by atoms with Crippen LogP contribution in [0.25, 0.3) is 0 Å². The molecule has 36 heavy (non-hydrogen) atoms. The van der Waals surface area contributed by atoms with Gasteiger partial charge in [0.15, 0.2) is 5.69 Å². The van der Waals surface area contributed by atoms with Gasteiger partial charge in [-0.1, -0.05) is 42.5 Å². The summed E-state index contributed by atoms with van der Waals surface area (Å²) in [5.41, 5.74) is 3.40. The van der Waals surface area contributed by atoms with Crippen LogP contribution in [0.2, 0.25) is 0 Å². The summed E-state index contributed by atoms with van der Waals surface area (Å²) in [5.74, 6) is 0.671. The summed E-state index contributed by atoms with van der Waals surface area (Å²) in [7, 11) is 1.65. The lowest BCUT2D eigenvalue weighted by molar-refractivity contribution is -0.127. The van der Waals surface area contributed by atoms with Crippen LogP contribution in [0.15, 0.2) is 60.9 Å². The Morgan fingerprint density at radius 1 is 1.08 bits per heavy atom. The highest BCUT2D eigenvalue weighted by atomic mass is 16.5. The normalized spacial score (nSPS) is 18.8. The van der Waals surface area contributed by atoms with Crippen molar-refractivity contribution in [1.82, 2.24) is 19.8 Å². The van der Waals surface area contributed by atoms with E-state index in [9.17, 15) is 9.59 Å². The van der Waals surface area contributed by atoms with Gasteiger partial charge in [0.25, 0.3) is 5.91 Å². The monoisotopic (exact) mass is 488 g/mol. The Morgan fingerprint density at radius 3 is 2.50 bits per heavy atom. The van der Waals surface area contributed by atoms with Gasteiger partial charge in [-0.3, -0.25) is 9.59 Å². The van der Waals surface area contributed by atoms with Gasteiger partial charge in [-0.15, -0.1) is 0 Å². The van der Waals surface area contributed by atoms with Crippen molar-refractivity contribution in [2.75, 3.05) is 20.2 Å². The number of rotatable bonds is 6. The number of hydrogen-bond donors (Lipinski definition) is 1. The molecule has 1 saturated heterocycles. The van der Waals surface area contributed by atoms with Gasteiger partial charge in [0.05, 0.1) is 38.3 Å². The summed E-state index contributed by atoms with van der Waals surface area (Å²) in [6.07, 6.45) is 2.91. The Bertz CT molecular complexity index is 1200. The number of piperidine rings is 1. The van der Waals surface area contributed by atoms with E-state index in [0.717, 1.165) is 22.6 Å². The number of nitrogens with one attached hydrogen (secondary N) is 1. The minimum atomic E-state index is -0.104. The van der Waals surface area contributed by atoms with Crippen molar-refractivity contribution in [2.24, 2.45) is 5.92 Å². The molecular weight excluding hydrogens is 456 g/mol. The predicted octanol–water partition coefficient (Wildman–Crippen LogP) is 3.89. The van der Waals surface area contributed by atoms with Crippen LogP contribution in [0.1, 0.15) is 59.2 Å². The number of carbonyl (C=O) groups excluding carboxylic acids is 2. The lowest BCUT2D eigenvalue weighted by Gasteiger charge is -2.32. The number of imidazole rings is 1. The maximum absolute atomic E-state index is 13.3. The van der Waals surface area contributed by atoms with Crippen LogP contribution in [-0.4, -0.2) is 46.5 Å². The third-order valence-electron chi connectivity index (χ3n) is 7.23. The number of fused-ring (bicyclic) bond motifs is 1. The molecule has 8 nitrogen and oxygen atoms in total. The number of carbonyl (C=O) groups is 2. The fourth-order valence-corrected chi connectivity index (χ4v) is 4.98. The van der Waals surface area contributed by atoms with Gasteiger partial charge in [-0.05, 0) is 43.0 Å². The molecule has 1 fully saturated rings. The van der Waals surface area contributed by atoms with Crippen molar-refractivity contribution in [2.45, 2.75) is 45.1 Å². The van der Waals surface area contributed by atoms with E-state index in [4.69, 9.17) is 9.47 Å². The van der Waals surface area contributed by atoms with E-state index in [1.807, 2.05) is 71.0 Å². The average Bonchev–Trinajstić information content (AvgIpc) is 3.36. The molecule has 2 aliphatic heterocycles. The summed E-state index contributed by atoms with van der Waals surface area (Å²) in [6, 6.07) is 17.7. The minimum absolute atomic E-state index is 0.0443. The van der Waals surface area contributed by atoms with E-state index in [1.54, 1.807) is 13.4 Å². The van der Waals surface area contributed by atoms with Gasteiger partial charge in [0.2, 0.25) is 5.91 Å². The molecule has 2 aliphatic rings. The second-order valence-corrected chi connectivity index (χ2v) is 9.47. The van der Waals surface area contributed by atoms with E-state index >= 15 is 0 Å². The molecule has 0 spiro atoms. The number of ether oxygens (including phenoxy) is 2.